The first-order valence-electron chi connectivity index (χ1n) is 8.86. The summed E-state index contributed by atoms with van der Waals surface area (Å²) in [6.45, 7) is 0.258. The van der Waals surface area contributed by atoms with Crippen LogP contribution < -0.4 is 10.1 Å². The highest BCUT2D eigenvalue weighted by Gasteiger charge is 2.15. The van der Waals surface area contributed by atoms with E-state index in [4.69, 9.17) is 10.00 Å². The lowest BCUT2D eigenvalue weighted by Crippen LogP contribution is -2.34. The highest BCUT2D eigenvalue weighted by atomic mass is 32.1. The van der Waals surface area contributed by atoms with E-state index in [1.54, 1.807) is 55.6 Å². The molecule has 2 aromatic carbocycles. The minimum atomic E-state index is -0.295. The van der Waals surface area contributed by atoms with E-state index in [-0.39, 0.29) is 18.4 Å². The number of anilines is 1. The van der Waals surface area contributed by atoms with Crippen LogP contribution >= 0.6 is 11.3 Å². The van der Waals surface area contributed by atoms with E-state index >= 15 is 0 Å². The average Bonchev–Trinajstić information content (AvgIpc) is 3.27. The molecule has 2 amide bonds. The number of nitrogens with zero attached hydrogens (tertiary/aromatic N) is 2. The molecule has 1 heterocycles. The second kappa shape index (κ2) is 9.53. The Bertz CT molecular complexity index is 1040. The van der Waals surface area contributed by atoms with Crippen molar-refractivity contribution >= 4 is 28.8 Å². The van der Waals surface area contributed by atoms with Crippen molar-refractivity contribution in [2.24, 2.45) is 0 Å². The van der Waals surface area contributed by atoms with Crippen LogP contribution in [0.1, 0.15) is 20.8 Å². The van der Waals surface area contributed by atoms with Crippen molar-refractivity contribution in [1.82, 2.24) is 4.90 Å². The van der Waals surface area contributed by atoms with Crippen LogP contribution in [-0.2, 0) is 11.4 Å². The van der Waals surface area contributed by atoms with Gasteiger partial charge < -0.3 is 15.0 Å². The molecule has 1 N–H and O–H groups in total. The first kappa shape index (κ1) is 20.1. The van der Waals surface area contributed by atoms with E-state index in [1.807, 2.05) is 17.5 Å². The van der Waals surface area contributed by atoms with Crippen molar-refractivity contribution in [3.05, 3.63) is 82.0 Å². The summed E-state index contributed by atoms with van der Waals surface area (Å²) < 4.78 is 5.76. The van der Waals surface area contributed by atoms with Gasteiger partial charge in [0.05, 0.1) is 23.1 Å². The van der Waals surface area contributed by atoms with Crippen molar-refractivity contribution < 1.29 is 14.3 Å². The number of amides is 2. The van der Waals surface area contributed by atoms with E-state index in [0.717, 1.165) is 5.56 Å². The fraction of sp³-hybridized carbons (Fsp3) is 0.136. The van der Waals surface area contributed by atoms with Gasteiger partial charge in [-0.1, -0.05) is 24.3 Å². The van der Waals surface area contributed by atoms with Crippen LogP contribution in [0.2, 0.25) is 0 Å². The molecule has 6 nitrogen and oxygen atoms in total. The van der Waals surface area contributed by atoms with Gasteiger partial charge in [0.1, 0.15) is 12.4 Å². The fourth-order valence-corrected chi connectivity index (χ4v) is 3.35. The van der Waals surface area contributed by atoms with E-state index in [0.29, 0.717) is 28.5 Å². The molecule has 3 aromatic rings. The van der Waals surface area contributed by atoms with Crippen LogP contribution in [-0.4, -0.2) is 30.3 Å². The number of rotatable bonds is 7. The number of thiophene rings is 1. The first-order chi connectivity index (χ1) is 14.0. The van der Waals surface area contributed by atoms with Crippen LogP contribution in [0.15, 0.2) is 66.0 Å². The maximum Gasteiger partial charge on any atom is 0.264 e. The summed E-state index contributed by atoms with van der Waals surface area (Å²) in [6.07, 6.45) is 0. The van der Waals surface area contributed by atoms with Crippen molar-refractivity contribution in [2.45, 2.75) is 6.61 Å². The molecular formula is C22H19N3O3S. The quantitative estimate of drug-likeness (QED) is 0.646. The Hall–Kier alpha value is -3.63. The molecule has 0 fully saturated rings. The number of nitrogens with one attached hydrogen (secondary N) is 1. The molecule has 0 bridgehead atoms. The van der Waals surface area contributed by atoms with Crippen LogP contribution in [0.5, 0.6) is 5.75 Å². The summed E-state index contributed by atoms with van der Waals surface area (Å²) in [6, 6.07) is 19.9. The number of benzene rings is 2. The van der Waals surface area contributed by atoms with Crippen LogP contribution in [0.25, 0.3) is 0 Å². The highest BCUT2D eigenvalue weighted by molar-refractivity contribution is 7.12. The molecule has 3 rings (SSSR count). The normalized spacial score (nSPS) is 10.1. The third-order valence-corrected chi connectivity index (χ3v) is 4.90. The average molecular weight is 405 g/mol. The lowest BCUT2D eigenvalue weighted by atomic mass is 10.1. The summed E-state index contributed by atoms with van der Waals surface area (Å²) in [5.74, 6) is 0.108. The lowest BCUT2D eigenvalue weighted by Gasteiger charge is -2.16. The molecule has 0 unspecified atom stereocenters. The Kier molecular flexibility index (Phi) is 6.61. The molecule has 0 radical (unpaired) electrons. The Balaban J connectivity index is 1.55. The van der Waals surface area contributed by atoms with Gasteiger partial charge in [-0.25, -0.2) is 0 Å². The Labute approximate surface area is 173 Å². The van der Waals surface area contributed by atoms with Crippen molar-refractivity contribution in [3.8, 4) is 11.8 Å². The van der Waals surface area contributed by atoms with Crippen molar-refractivity contribution in [2.75, 3.05) is 18.9 Å². The number of carbonyl (C=O) groups is 2. The van der Waals surface area contributed by atoms with E-state index in [9.17, 15) is 9.59 Å². The van der Waals surface area contributed by atoms with Gasteiger partial charge in [0.25, 0.3) is 5.91 Å². The molecule has 0 saturated heterocycles. The summed E-state index contributed by atoms with van der Waals surface area (Å²) >= 11 is 1.34. The SMILES string of the molecule is CN(CC(=O)Nc1cccc(OCc2cccc(C#N)c2)c1)C(=O)c1cccs1. The fourth-order valence-electron chi connectivity index (χ4n) is 2.64. The Morgan fingerprint density at radius 1 is 1.14 bits per heavy atom. The largest absolute Gasteiger partial charge is 0.489 e. The zero-order chi connectivity index (χ0) is 20.6. The smallest absolute Gasteiger partial charge is 0.264 e. The van der Waals surface area contributed by atoms with Gasteiger partial charge in [0, 0.05) is 18.8 Å². The van der Waals surface area contributed by atoms with Crippen molar-refractivity contribution in [1.29, 1.82) is 5.26 Å². The number of carbonyl (C=O) groups excluding carboxylic acids is 2. The minimum Gasteiger partial charge on any atom is -0.489 e. The Morgan fingerprint density at radius 2 is 1.97 bits per heavy atom. The monoisotopic (exact) mass is 405 g/mol. The molecule has 1 aromatic heterocycles. The van der Waals surface area contributed by atoms with E-state index in [1.165, 1.54) is 16.2 Å². The predicted molar refractivity (Wildman–Crippen MR) is 112 cm³/mol. The molecule has 29 heavy (non-hydrogen) atoms. The Morgan fingerprint density at radius 3 is 2.72 bits per heavy atom. The summed E-state index contributed by atoms with van der Waals surface area (Å²) in [5, 5.41) is 13.6. The van der Waals surface area contributed by atoms with Gasteiger partial charge >= 0.3 is 0 Å². The van der Waals surface area contributed by atoms with Gasteiger partial charge in [-0.05, 0) is 41.3 Å². The second-order valence-corrected chi connectivity index (χ2v) is 7.26. The van der Waals surface area contributed by atoms with Crippen LogP contribution in [0.4, 0.5) is 5.69 Å². The summed E-state index contributed by atoms with van der Waals surface area (Å²) in [5.41, 5.74) is 2.04. The van der Waals surface area contributed by atoms with Crippen molar-refractivity contribution in [3.63, 3.8) is 0 Å². The lowest BCUT2D eigenvalue weighted by molar-refractivity contribution is -0.116. The maximum atomic E-state index is 12.3. The zero-order valence-electron chi connectivity index (χ0n) is 15.8. The van der Waals surface area contributed by atoms with Gasteiger partial charge in [-0.2, -0.15) is 5.26 Å². The first-order valence-corrected chi connectivity index (χ1v) is 9.74. The maximum absolute atomic E-state index is 12.3. The molecular weight excluding hydrogens is 386 g/mol. The molecule has 0 spiro atoms. The van der Waals surface area contributed by atoms with Gasteiger partial charge in [-0.15, -0.1) is 11.3 Å². The zero-order valence-corrected chi connectivity index (χ0v) is 16.6. The molecule has 146 valence electrons. The molecule has 0 aliphatic heterocycles. The number of hydrogen-bond acceptors (Lipinski definition) is 5. The second-order valence-electron chi connectivity index (χ2n) is 6.32. The summed E-state index contributed by atoms with van der Waals surface area (Å²) in [4.78, 5) is 26.5. The molecule has 0 saturated carbocycles. The predicted octanol–water partition coefficient (Wildman–Crippen LogP) is 3.91. The van der Waals surface area contributed by atoms with E-state index < -0.39 is 0 Å². The molecule has 0 atom stereocenters. The van der Waals surface area contributed by atoms with Gasteiger partial charge in [-0.3, -0.25) is 9.59 Å². The van der Waals surface area contributed by atoms with Gasteiger partial charge in [0.15, 0.2) is 0 Å². The standard InChI is InChI=1S/C22H19N3O3S/c1-25(22(27)20-9-4-10-29-20)14-21(26)24-18-7-3-8-19(12-18)28-15-17-6-2-5-16(11-17)13-23/h2-12H,14-15H2,1H3,(H,24,26). The molecule has 0 aliphatic carbocycles. The third kappa shape index (κ3) is 5.67. The number of nitriles is 1. The van der Waals surface area contributed by atoms with Crippen LogP contribution in [0, 0.1) is 11.3 Å². The number of likely N-dealkylation sites (N-methyl/N-ethyl adjacent to an activating group) is 1. The van der Waals surface area contributed by atoms with Crippen LogP contribution in [0.3, 0.4) is 0 Å². The third-order valence-electron chi connectivity index (χ3n) is 4.04. The minimum absolute atomic E-state index is 0.0528. The highest BCUT2D eigenvalue weighted by Crippen LogP contribution is 2.19. The topological polar surface area (TPSA) is 82.4 Å². The molecule has 7 heteroatoms. The number of hydrogen-bond donors (Lipinski definition) is 1. The number of ether oxygens (including phenoxy) is 1. The molecule has 0 aliphatic rings. The van der Waals surface area contributed by atoms with Gasteiger partial charge in [0.2, 0.25) is 5.91 Å². The van der Waals surface area contributed by atoms with E-state index in [2.05, 4.69) is 11.4 Å². The summed E-state index contributed by atoms with van der Waals surface area (Å²) in [7, 11) is 1.59.